The summed E-state index contributed by atoms with van der Waals surface area (Å²) in [5.41, 5.74) is -0.669. The van der Waals surface area contributed by atoms with Crippen LogP contribution in [0.25, 0.3) is 0 Å². The molecule has 2 aliphatic heterocycles. The number of benzene rings is 1. The van der Waals surface area contributed by atoms with Crippen LogP contribution in [0.3, 0.4) is 0 Å². The minimum absolute atomic E-state index is 0.192. The Bertz CT molecular complexity index is 660. The van der Waals surface area contributed by atoms with E-state index in [1.807, 2.05) is 30.3 Å². The molecule has 0 amide bonds. The number of fused-ring (bicyclic) bond motifs is 3. The van der Waals surface area contributed by atoms with Crippen molar-refractivity contribution in [3.63, 3.8) is 0 Å². The summed E-state index contributed by atoms with van der Waals surface area (Å²) in [7, 11) is 0. The molecular formula is C18H20F2O4. The fraction of sp³-hybridized carbons (Fsp3) is 0.556. The van der Waals surface area contributed by atoms with Crippen molar-refractivity contribution in [1.29, 1.82) is 0 Å². The molecule has 3 fully saturated rings. The lowest BCUT2D eigenvalue weighted by atomic mass is 9.93. The topological polar surface area (TPSA) is 36.9 Å². The van der Waals surface area contributed by atoms with E-state index >= 15 is 0 Å². The summed E-state index contributed by atoms with van der Waals surface area (Å²) < 4.78 is 52.0. The highest BCUT2D eigenvalue weighted by Gasteiger charge is 2.73. The number of halogens is 2. The Hall–Kier alpha value is -1.34. The van der Waals surface area contributed by atoms with Crippen molar-refractivity contribution in [1.82, 2.24) is 0 Å². The molecule has 0 bridgehead atoms. The van der Waals surface area contributed by atoms with Gasteiger partial charge in [0.25, 0.3) is 5.92 Å². The summed E-state index contributed by atoms with van der Waals surface area (Å²) >= 11 is 0. The molecule has 1 aliphatic carbocycles. The molecule has 2 saturated heterocycles. The maximum absolute atomic E-state index is 14.3. The van der Waals surface area contributed by atoms with Gasteiger partial charge in [0, 0.05) is 5.57 Å². The summed E-state index contributed by atoms with van der Waals surface area (Å²) in [4.78, 5) is 0. The van der Waals surface area contributed by atoms with Crippen molar-refractivity contribution >= 4 is 0 Å². The predicted molar refractivity (Wildman–Crippen MR) is 81.4 cm³/mol. The summed E-state index contributed by atoms with van der Waals surface area (Å²) in [6.07, 6.45) is -2.90. The maximum atomic E-state index is 14.3. The van der Waals surface area contributed by atoms with Gasteiger partial charge in [0.05, 0.1) is 13.0 Å². The van der Waals surface area contributed by atoms with Crippen LogP contribution in [-0.2, 0) is 25.6 Å². The summed E-state index contributed by atoms with van der Waals surface area (Å²) in [5.74, 6) is -3.95. The molecule has 4 nitrogen and oxygen atoms in total. The zero-order valence-corrected chi connectivity index (χ0v) is 13.6. The molecule has 0 spiro atoms. The molecule has 3 aliphatic rings. The fourth-order valence-corrected chi connectivity index (χ4v) is 3.78. The third-order valence-electron chi connectivity index (χ3n) is 4.89. The van der Waals surface area contributed by atoms with Crippen LogP contribution in [0.5, 0.6) is 0 Å². The SMILES string of the molecule is C=C1[C@H]2O[C@@H]3OC(C)(C)O[C@@H]3C2(OCc2ccccc2)CC1(F)F. The second-order valence-electron chi connectivity index (χ2n) is 7.08. The summed E-state index contributed by atoms with van der Waals surface area (Å²) in [6.45, 7) is 7.20. The lowest BCUT2D eigenvalue weighted by Gasteiger charge is -2.33. The first-order chi connectivity index (χ1) is 11.2. The van der Waals surface area contributed by atoms with E-state index in [2.05, 4.69) is 6.58 Å². The van der Waals surface area contributed by atoms with Crippen LogP contribution < -0.4 is 0 Å². The molecule has 0 aromatic heterocycles. The van der Waals surface area contributed by atoms with E-state index in [0.29, 0.717) is 0 Å². The van der Waals surface area contributed by atoms with Gasteiger partial charge in [-0.05, 0) is 19.4 Å². The second kappa shape index (κ2) is 5.08. The first-order valence-corrected chi connectivity index (χ1v) is 8.00. The number of alkyl halides is 2. The maximum Gasteiger partial charge on any atom is 0.274 e. The van der Waals surface area contributed by atoms with Gasteiger partial charge in [-0.15, -0.1) is 0 Å². The second-order valence-corrected chi connectivity index (χ2v) is 7.08. The highest BCUT2D eigenvalue weighted by atomic mass is 19.3. The Morgan fingerprint density at radius 2 is 1.92 bits per heavy atom. The Morgan fingerprint density at radius 1 is 1.21 bits per heavy atom. The number of rotatable bonds is 3. The fourth-order valence-electron chi connectivity index (χ4n) is 3.78. The van der Waals surface area contributed by atoms with Crippen LogP contribution in [0.4, 0.5) is 8.78 Å². The predicted octanol–water partition coefficient (Wildman–Crippen LogP) is 3.41. The van der Waals surface area contributed by atoms with E-state index in [-0.39, 0.29) is 12.2 Å². The summed E-state index contributed by atoms with van der Waals surface area (Å²) in [6, 6.07) is 9.42. The smallest absolute Gasteiger partial charge is 0.274 e. The van der Waals surface area contributed by atoms with Crippen LogP contribution in [0.2, 0.25) is 0 Å². The van der Waals surface area contributed by atoms with E-state index in [0.717, 1.165) is 5.56 Å². The van der Waals surface area contributed by atoms with Crippen molar-refractivity contribution in [3.05, 3.63) is 48.0 Å². The largest absolute Gasteiger partial charge is 0.364 e. The van der Waals surface area contributed by atoms with Gasteiger partial charge in [0.1, 0.15) is 17.8 Å². The Kier molecular flexibility index (Phi) is 3.42. The van der Waals surface area contributed by atoms with E-state index in [1.54, 1.807) is 13.8 Å². The quantitative estimate of drug-likeness (QED) is 0.792. The number of hydrogen-bond donors (Lipinski definition) is 0. The first kappa shape index (κ1) is 16.1. The van der Waals surface area contributed by atoms with Gasteiger partial charge in [-0.3, -0.25) is 0 Å². The van der Waals surface area contributed by atoms with Gasteiger partial charge in [-0.25, -0.2) is 8.78 Å². The average Bonchev–Trinajstić information content (AvgIpc) is 3.03. The molecule has 1 unspecified atom stereocenters. The minimum atomic E-state index is -3.05. The van der Waals surface area contributed by atoms with Crippen LogP contribution in [0.1, 0.15) is 25.8 Å². The zero-order valence-electron chi connectivity index (χ0n) is 13.6. The zero-order chi connectivity index (χ0) is 17.2. The first-order valence-electron chi connectivity index (χ1n) is 8.00. The molecule has 2 heterocycles. The molecule has 1 aromatic carbocycles. The third kappa shape index (κ3) is 2.32. The van der Waals surface area contributed by atoms with Crippen molar-refractivity contribution in [3.8, 4) is 0 Å². The lowest BCUT2D eigenvalue weighted by molar-refractivity contribution is -0.229. The minimum Gasteiger partial charge on any atom is -0.364 e. The van der Waals surface area contributed by atoms with Crippen LogP contribution >= 0.6 is 0 Å². The van der Waals surface area contributed by atoms with E-state index in [1.165, 1.54) is 0 Å². The Balaban J connectivity index is 1.65. The molecular weight excluding hydrogens is 318 g/mol. The summed E-state index contributed by atoms with van der Waals surface area (Å²) in [5, 5.41) is 0. The van der Waals surface area contributed by atoms with Gasteiger partial charge in [-0.1, -0.05) is 36.9 Å². The monoisotopic (exact) mass is 338 g/mol. The Morgan fingerprint density at radius 3 is 2.62 bits per heavy atom. The molecule has 1 saturated carbocycles. The normalized spacial score (nSPS) is 39.0. The molecule has 24 heavy (non-hydrogen) atoms. The lowest BCUT2D eigenvalue weighted by Crippen LogP contribution is -2.48. The molecule has 0 radical (unpaired) electrons. The average molecular weight is 338 g/mol. The van der Waals surface area contributed by atoms with Crippen molar-refractivity contribution in [2.75, 3.05) is 0 Å². The van der Waals surface area contributed by atoms with Crippen molar-refractivity contribution in [2.24, 2.45) is 0 Å². The number of ether oxygens (including phenoxy) is 4. The molecule has 6 heteroatoms. The van der Waals surface area contributed by atoms with Crippen molar-refractivity contribution < 1.29 is 27.7 Å². The highest BCUT2D eigenvalue weighted by molar-refractivity contribution is 5.33. The Labute approximate surface area is 139 Å². The number of hydrogen-bond acceptors (Lipinski definition) is 4. The van der Waals surface area contributed by atoms with Crippen LogP contribution in [0.15, 0.2) is 42.5 Å². The van der Waals surface area contributed by atoms with E-state index < -0.39 is 42.2 Å². The van der Waals surface area contributed by atoms with Gasteiger partial charge >= 0.3 is 0 Å². The molecule has 4 atom stereocenters. The van der Waals surface area contributed by atoms with Crippen LogP contribution in [-0.4, -0.2) is 35.8 Å². The molecule has 0 N–H and O–H groups in total. The van der Waals surface area contributed by atoms with Gasteiger partial charge in [0.15, 0.2) is 12.1 Å². The van der Waals surface area contributed by atoms with E-state index in [4.69, 9.17) is 18.9 Å². The third-order valence-corrected chi connectivity index (χ3v) is 4.89. The molecule has 1 aromatic rings. The van der Waals surface area contributed by atoms with Gasteiger partial charge < -0.3 is 18.9 Å². The highest BCUT2D eigenvalue weighted by Crippen LogP contribution is 2.58. The van der Waals surface area contributed by atoms with E-state index in [9.17, 15) is 8.78 Å². The van der Waals surface area contributed by atoms with Gasteiger partial charge in [0.2, 0.25) is 0 Å². The molecule has 130 valence electrons. The van der Waals surface area contributed by atoms with Crippen molar-refractivity contribution in [2.45, 2.75) is 62.7 Å². The van der Waals surface area contributed by atoms with Crippen LogP contribution in [0, 0.1) is 0 Å². The standard InChI is InChI=1S/C18H20F2O4/c1-11-13-17(10-18(11,19)20,21-9-12-7-5-4-6-8-12)14-15(22-13)24-16(2,3)23-14/h4-8,13-15H,1,9-10H2,2-3H3/t13-,14+,15-,17?/m1/s1. The molecule has 4 rings (SSSR count). The van der Waals surface area contributed by atoms with Gasteiger partial charge in [-0.2, -0.15) is 0 Å².